The third-order valence-corrected chi connectivity index (χ3v) is 3.67. The summed E-state index contributed by atoms with van der Waals surface area (Å²) in [6.45, 7) is 3.39. The van der Waals surface area contributed by atoms with Gasteiger partial charge in [0, 0.05) is 18.2 Å². The molecule has 22 heavy (non-hydrogen) atoms. The zero-order chi connectivity index (χ0) is 16.5. The number of nitrogens with zero attached hydrogens (tertiary/aromatic N) is 1. The molecule has 0 radical (unpaired) electrons. The summed E-state index contributed by atoms with van der Waals surface area (Å²) in [5.74, 6) is -2.16. The minimum absolute atomic E-state index is 0.161. The van der Waals surface area contributed by atoms with E-state index in [1.54, 1.807) is 12.4 Å². The van der Waals surface area contributed by atoms with E-state index in [-0.39, 0.29) is 12.2 Å². The maximum Gasteiger partial charge on any atom is 0.328 e. The molecule has 0 spiro atoms. The van der Waals surface area contributed by atoms with Crippen LogP contribution in [-0.2, 0) is 22.4 Å². The van der Waals surface area contributed by atoms with E-state index in [1.165, 1.54) is 6.20 Å². The minimum atomic E-state index is -2.11. The van der Waals surface area contributed by atoms with Crippen LogP contribution in [-0.4, -0.2) is 38.7 Å². The Morgan fingerprint density at radius 1 is 1.27 bits per heavy atom. The van der Waals surface area contributed by atoms with Crippen LogP contribution in [0.3, 0.4) is 0 Å². The molecule has 9 heteroatoms. The number of amides is 4. The number of nitrogens with one attached hydrogen (secondary N) is 3. The van der Waals surface area contributed by atoms with Crippen LogP contribution < -0.4 is 16.1 Å². The molecule has 2 heterocycles. The van der Waals surface area contributed by atoms with Crippen molar-refractivity contribution >= 4 is 17.8 Å². The van der Waals surface area contributed by atoms with E-state index >= 15 is 0 Å². The quantitative estimate of drug-likeness (QED) is 0.365. The molecule has 4 amide bonds. The van der Waals surface area contributed by atoms with Gasteiger partial charge in [-0.2, -0.15) is 5.48 Å². The van der Waals surface area contributed by atoms with E-state index in [2.05, 4.69) is 4.98 Å². The molecule has 1 saturated heterocycles. The molecule has 1 fully saturated rings. The number of urea groups is 1. The molecular formula is C13H16N4O5. The SMILES string of the molecule is CCc1cnc(C)c(O)c1CC1(NO)C(=O)NC(=O)NC1=O. The maximum absolute atomic E-state index is 12.1. The monoisotopic (exact) mass is 308 g/mol. The van der Waals surface area contributed by atoms with Crippen molar-refractivity contribution < 1.29 is 24.7 Å². The molecule has 0 aromatic carbocycles. The number of rotatable bonds is 4. The Morgan fingerprint density at radius 2 is 1.86 bits per heavy atom. The second-order valence-electron chi connectivity index (χ2n) is 4.98. The number of barbiturate groups is 1. The van der Waals surface area contributed by atoms with Crippen molar-refractivity contribution in [3.63, 3.8) is 0 Å². The van der Waals surface area contributed by atoms with E-state index < -0.39 is 23.4 Å². The lowest BCUT2D eigenvalue weighted by atomic mass is 9.86. The van der Waals surface area contributed by atoms with Crippen LogP contribution >= 0.6 is 0 Å². The first kappa shape index (κ1) is 15.9. The molecule has 5 N–H and O–H groups in total. The molecule has 0 saturated carbocycles. The van der Waals surface area contributed by atoms with Crippen molar-refractivity contribution in [2.45, 2.75) is 32.2 Å². The van der Waals surface area contributed by atoms with Crippen molar-refractivity contribution in [3.05, 3.63) is 23.0 Å². The predicted molar refractivity (Wildman–Crippen MR) is 73.1 cm³/mol. The van der Waals surface area contributed by atoms with Crippen LogP contribution in [0.15, 0.2) is 6.20 Å². The van der Waals surface area contributed by atoms with Crippen LogP contribution in [0.1, 0.15) is 23.7 Å². The van der Waals surface area contributed by atoms with Crippen molar-refractivity contribution in [2.24, 2.45) is 0 Å². The van der Waals surface area contributed by atoms with Gasteiger partial charge >= 0.3 is 6.03 Å². The highest BCUT2D eigenvalue weighted by molar-refractivity contribution is 6.22. The van der Waals surface area contributed by atoms with Crippen LogP contribution in [0.2, 0.25) is 0 Å². The van der Waals surface area contributed by atoms with Gasteiger partial charge in [-0.25, -0.2) is 4.79 Å². The summed E-state index contributed by atoms with van der Waals surface area (Å²) in [5, 5.41) is 23.4. The van der Waals surface area contributed by atoms with Gasteiger partial charge in [-0.1, -0.05) is 6.92 Å². The Labute approximate surface area is 125 Å². The predicted octanol–water partition coefficient (Wildman–Crippen LogP) is -0.716. The number of hydroxylamine groups is 1. The molecule has 0 atom stereocenters. The Hall–Kier alpha value is -2.52. The largest absolute Gasteiger partial charge is 0.506 e. The summed E-state index contributed by atoms with van der Waals surface area (Å²) >= 11 is 0. The summed E-state index contributed by atoms with van der Waals surface area (Å²) in [6.07, 6.45) is 1.69. The number of aryl methyl sites for hydroxylation is 2. The molecule has 0 bridgehead atoms. The second-order valence-corrected chi connectivity index (χ2v) is 4.98. The fraction of sp³-hybridized carbons (Fsp3) is 0.385. The van der Waals surface area contributed by atoms with Gasteiger partial charge in [-0.05, 0) is 18.9 Å². The van der Waals surface area contributed by atoms with E-state index in [1.807, 2.05) is 17.6 Å². The number of hydrogen-bond acceptors (Lipinski definition) is 7. The van der Waals surface area contributed by atoms with Crippen molar-refractivity contribution in [2.75, 3.05) is 0 Å². The van der Waals surface area contributed by atoms with E-state index in [0.29, 0.717) is 23.2 Å². The molecule has 1 aliphatic heterocycles. The smallest absolute Gasteiger partial charge is 0.328 e. The number of carbonyl (C=O) groups excluding carboxylic acids is 3. The molecule has 9 nitrogen and oxygen atoms in total. The number of imide groups is 2. The van der Waals surface area contributed by atoms with Crippen molar-refractivity contribution in [1.29, 1.82) is 0 Å². The van der Waals surface area contributed by atoms with Crippen LogP contribution in [0.5, 0.6) is 5.75 Å². The highest BCUT2D eigenvalue weighted by atomic mass is 16.5. The lowest BCUT2D eigenvalue weighted by Gasteiger charge is -2.33. The number of aromatic hydroxyl groups is 1. The average molecular weight is 308 g/mol. The molecule has 1 aliphatic rings. The standard InChI is InChI=1S/C13H16N4O5/c1-3-7-5-14-6(2)9(18)8(7)4-13(17-22)10(19)15-12(21)16-11(13)20/h5,17-18,22H,3-4H2,1-2H3,(H2,15,16,19,20,21). The first-order chi connectivity index (χ1) is 10.4. The zero-order valence-electron chi connectivity index (χ0n) is 12.1. The highest BCUT2D eigenvalue weighted by Crippen LogP contribution is 2.29. The molecule has 0 unspecified atom stereocenters. The van der Waals surface area contributed by atoms with Crippen molar-refractivity contribution in [3.8, 4) is 5.75 Å². The second kappa shape index (κ2) is 5.70. The number of carbonyl (C=O) groups is 3. The summed E-state index contributed by atoms with van der Waals surface area (Å²) in [6, 6.07) is -0.966. The Bertz CT molecular complexity index is 638. The highest BCUT2D eigenvalue weighted by Gasteiger charge is 2.51. The maximum atomic E-state index is 12.1. The zero-order valence-corrected chi connectivity index (χ0v) is 12.1. The molecule has 0 aliphatic carbocycles. The fourth-order valence-electron chi connectivity index (χ4n) is 2.31. The lowest BCUT2D eigenvalue weighted by Crippen LogP contribution is -2.72. The fourth-order valence-corrected chi connectivity index (χ4v) is 2.31. The summed E-state index contributed by atoms with van der Waals surface area (Å²) in [4.78, 5) is 39.3. The first-order valence-electron chi connectivity index (χ1n) is 6.60. The van der Waals surface area contributed by atoms with E-state index in [0.717, 1.165) is 0 Å². The first-order valence-corrected chi connectivity index (χ1v) is 6.60. The van der Waals surface area contributed by atoms with Gasteiger partial charge in [-0.15, -0.1) is 0 Å². The van der Waals surface area contributed by atoms with Crippen LogP contribution in [0.4, 0.5) is 4.79 Å². The molecule has 118 valence electrons. The molecule has 1 aromatic rings. The third kappa shape index (κ3) is 2.40. The Balaban J connectivity index is 2.51. The topological polar surface area (TPSA) is 141 Å². The van der Waals surface area contributed by atoms with Crippen LogP contribution in [0, 0.1) is 6.92 Å². The van der Waals surface area contributed by atoms with Gasteiger partial charge in [0.15, 0.2) is 0 Å². The van der Waals surface area contributed by atoms with Gasteiger partial charge in [0.2, 0.25) is 5.54 Å². The normalized spacial score (nSPS) is 17.1. The van der Waals surface area contributed by atoms with Gasteiger partial charge in [0.05, 0.1) is 5.69 Å². The molecule has 1 aromatic heterocycles. The summed E-state index contributed by atoms with van der Waals surface area (Å²) in [5.41, 5.74) is 0.818. The van der Waals surface area contributed by atoms with Gasteiger partial charge in [-0.3, -0.25) is 25.2 Å². The lowest BCUT2D eigenvalue weighted by molar-refractivity contribution is -0.145. The van der Waals surface area contributed by atoms with Gasteiger partial charge < -0.3 is 10.3 Å². The van der Waals surface area contributed by atoms with E-state index in [4.69, 9.17) is 0 Å². The van der Waals surface area contributed by atoms with Crippen molar-refractivity contribution in [1.82, 2.24) is 21.1 Å². The minimum Gasteiger partial charge on any atom is -0.506 e. The average Bonchev–Trinajstić information content (AvgIpc) is 2.47. The Kier molecular flexibility index (Phi) is 4.11. The third-order valence-electron chi connectivity index (χ3n) is 3.67. The van der Waals surface area contributed by atoms with Gasteiger partial charge in [0.1, 0.15) is 5.75 Å². The molecule has 2 rings (SSSR count). The van der Waals surface area contributed by atoms with Gasteiger partial charge in [0.25, 0.3) is 11.8 Å². The number of pyridine rings is 1. The molecular weight excluding hydrogens is 292 g/mol. The summed E-state index contributed by atoms with van der Waals surface area (Å²) < 4.78 is 0. The van der Waals surface area contributed by atoms with Crippen LogP contribution in [0.25, 0.3) is 0 Å². The number of aromatic nitrogens is 1. The van der Waals surface area contributed by atoms with E-state index in [9.17, 15) is 24.7 Å². The Morgan fingerprint density at radius 3 is 2.36 bits per heavy atom. The summed E-state index contributed by atoms with van der Waals surface area (Å²) in [7, 11) is 0. The number of hydrogen-bond donors (Lipinski definition) is 5.